The Kier molecular flexibility index (Phi) is 6.41. The van der Waals surface area contributed by atoms with Gasteiger partial charge in [0.1, 0.15) is 5.82 Å². The highest BCUT2D eigenvalue weighted by Crippen LogP contribution is 2.18. The van der Waals surface area contributed by atoms with Gasteiger partial charge in [0.25, 0.3) is 5.69 Å². The van der Waals surface area contributed by atoms with Gasteiger partial charge in [-0.25, -0.2) is 4.39 Å². The van der Waals surface area contributed by atoms with Gasteiger partial charge in [-0.1, -0.05) is 0 Å². The van der Waals surface area contributed by atoms with Crippen LogP contribution in [0.15, 0.2) is 48.5 Å². The molecule has 1 aliphatic heterocycles. The molecule has 3 rings (SSSR count). The second kappa shape index (κ2) is 9.16. The minimum absolute atomic E-state index is 0.0560. The van der Waals surface area contributed by atoms with Crippen molar-refractivity contribution in [3.05, 3.63) is 64.5 Å². The van der Waals surface area contributed by atoms with Crippen molar-refractivity contribution in [1.82, 2.24) is 4.90 Å². The lowest BCUT2D eigenvalue weighted by molar-refractivity contribution is -0.384. The number of non-ortho nitro benzene ring substituents is 1. The lowest BCUT2D eigenvalue weighted by Gasteiger charge is -2.36. The van der Waals surface area contributed by atoms with E-state index < -0.39 is 4.92 Å². The first kappa shape index (κ1) is 19.6. The van der Waals surface area contributed by atoms with Gasteiger partial charge < -0.3 is 15.1 Å². The Morgan fingerprint density at radius 1 is 1.04 bits per heavy atom. The average molecular weight is 386 g/mol. The second-order valence-corrected chi connectivity index (χ2v) is 6.68. The summed E-state index contributed by atoms with van der Waals surface area (Å²) < 4.78 is 13.0. The predicted molar refractivity (Wildman–Crippen MR) is 106 cm³/mol. The van der Waals surface area contributed by atoms with Crippen LogP contribution >= 0.6 is 0 Å². The molecule has 8 heteroatoms. The number of nitrogens with zero attached hydrogens (tertiary/aromatic N) is 3. The van der Waals surface area contributed by atoms with Gasteiger partial charge in [0, 0.05) is 62.7 Å². The molecule has 0 atom stereocenters. The Hall–Kier alpha value is -3.16. The monoisotopic (exact) mass is 386 g/mol. The molecule has 28 heavy (non-hydrogen) atoms. The van der Waals surface area contributed by atoms with Crippen LogP contribution in [0.1, 0.15) is 12.8 Å². The number of nitro groups is 1. The zero-order valence-corrected chi connectivity index (χ0v) is 15.5. The zero-order chi connectivity index (χ0) is 19.9. The fourth-order valence-corrected chi connectivity index (χ4v) is 3.20. The van der Waals surface area contributed by atoms with E-state index in [1.165, 1.54) is 24.3 Å². The van der Waals surface area contributed by atoms with E-state index in [1.54, 1.807) is 24.3 Å². The van der Waals surface area contributed by atoms with Crippen molar-refractivity contribution in [2.24, 2.45) is 0 Å². The maximum atomic E-state index is 13.0. The van der Waals surface area contributed by atoms with Gasteiger partial charge in [0.05, 0.1) is 4.92 Å². The summed E-state index contributed by atoms with van der Waals surface area (Å²) in [6.07, 6.45) is 1.14. The zero-order valence-electron chi connectivity index (χ0n) is 15.5. The number of halogens is 1. The van der Waals surface area contributed by atoms with E-state index in [0.29, 0.717) is 32.5 Å². The van der Waals surface area contributed by atoms with Crippen LogP contribution < -0.4 is 10.2 Å². The summed E-state index contributed by atoms with van der Waals surface area (Å²) in [5.41, 5.74) is 1.83. The van der Waals surface area contributed by atoms with E-state index in [0.717, 1.165) is 24.5 Å². The Balaban J connectivity index is 1.36. The van der Waals surface area contributed by atoms with E-state index in [4.69, 9.17) is 0 Å². The number of anilines is 2. The first-order valence-electron chi connectivity index (χ1n) is 9.29. The molecular weight excluding hydrogens is 363 g/mol. The van der Waals surface area contributed by atoms with Crippen LogP contribution in [-0.4, -0.2) is 48.5 Å². The topological polar surface area (TPSA) is 78.7 Å². The third kappa shape index (κ3) is 5.18. The highest BCUT2D eigenvalue weighted by atomic mass is 19.1. The van der Waals surface area contributed by atoms with E-state index in [2.05, 4.69) is 10.2 Å². The number of carbonyl (C=O) groups excluding carboxylic acids is 1. The van der Waals surface area contributed by atoms with Crippen molar-refractivity contribution in [2.75, 3.05) is 42.9 Å². The van der Waals surface area contributed by atoms with Gasteiger partial charge in [-0.2, -0.15) is 0 Å². The molecule has 7 nitrogen and oxygen atoms in total. The minimum Gasteiger partial charge on any atom is -0.385 e. The van der Waals surface area contributed by atoms with E-state index >= 15 is 0 Å². The number of piperazine rings is 1. The Morgan fingerprint density at radius 2 is 1.68 bits per heavy atom. The Morgan fingerprint density at radius 3 is 2.29 bits per heavy atom. The van der Waals surface area contributed by atoms with Crippen LogP contribution in [-0.2, 0) is 4.79 Å². The van der Waals surface area contributed by atoms with Gasteiger partial charge in [0.15, 0.2) is 0 Å². The highest BCUT2D eigenvalue weighted by Gasteiger charge is 2.20. The molecule has 148 valence electrons. The molecule has 0 unspecified atom stereocenters. The van der Waals surface area contributed by atoms with Crippen LogP contribution in [0, 0.1) is 15.9 Å². The summed E-state index contributed by atoms with van der Waals surface area (Å²) in [6, 6.07) is 12.6. The molecule has 0 saturated carbocycles. The highest BCUT2D eigenvalue weighted by molar-refractivity contribution is 5.76. The molecule has 2 aromatic rings. The first-order valence-corrected chi connectivity index (χ1v) is 9.29. The molecule has 0 spiro atoms. The van der Waals surface area contributed by atoms with Crippen LogP contribution in [0.25, 0.3) is 0 Å². The number of nitro benzene ring substituents is 1. The SMILES string of the molecule is O=C(CCCNc1ccc([N+](=O)[O-])cc1)N1CCN(c2ccc(F)cc2)CC1. The van der Waals surface area contributed by atoms with Crippen molar-refractivity contribution in [2.45, 2.75) is 12.8 Å². The van der Waals surface area contributed by atoms with Gasteiger partial charge in [-0.05, 0) is 42.8 Å². The minimum atomic E-state index is -0.432. The molecular formula is C20H23FN4O3. The van der Waals surface area contributed by atoms with E-state index in [-0.39, 0.29) is 17.4 Å². The number of benzene rings is 2. The summed E-state index contributed by atoms with van der Waals surface area (Å²) >= 11 is 0. The number of hydrogen-bond donors (Lipinski definition) is 1. The molecule has 1 fully saturated rings. The molecule has 0 radical (unpaired) electrons. The van der Waals surface area contributed by atoms with Crippen molar-refractivity contribution in [3.63, 3.8) is 0 Å². The summed E-state index contributed by atoms with van der Waals surface area (Å²) in [7, 11) is 0. The van der Waals surface area contributed by atoms with Gasteiger partial charge in [-0.15, -0.1) is 0 Å². The van der Waals surface area contributed by atoms with Crippen LogP contribution in [0.5, 0.6) is 0 Å². The predicted octanol–water partition coefficient (Wildman–Crippen LogP) is 3.27. The third-order valence-electron chi connectivity index (χ3n) is 4.80. The fraction of sp³-hybridized carbons (Fsp3) is 0.350. The summed E-state index contributed by atoms with van der Waals surface area (Å²) in [5, 5.41) is 13.8. The van der Waals surface area contributed by atoms with Crippen LogP contribution in [0.3, 0.4) is 0 Å². The van der Waals surface area contributed by atoms with Gasteiger partial charge in [-0.3, -0.25) is 14.9 Å². The Bertz CT molecular complexity index is 803. The van der Waals surface area contributed by atoms with Crippen LogP contribution in [0.2, 0.25) is 0 Å². The smallest absolute Gasteiger partial charge is 0.269 e. The number of amides is 1. The summed E-state index contributed by atoms with van der Waals surface area (Å²) in [5.74, 6) is -0.121. The lowest BCUT2D eigenvalue weighted by Crippen LogP contribution is -2.48. The van der Waals surface area contributed by atoms with Crippen molar-refractivity contribution in [3.8, 4) is 0 Å². The lowest BCUT2D eigenvalue weighted by atomic mass is 10.2. The second-order valence-electron chi connectivity index (χ2n) is 6.68. The molecule has 0 bridgehead atoms. The van der Waals surface area contributed by atoms with E-state index in [9.17, 15) is 19.3 Å². The molecule has 1 N–H and O–H groups in total. The average Bonchev–Trinajstić information content (AvgIpc) is 2.72. The van der Waals surface area contributed by atoms with Crippen LogP contribution in [0.4, 0.5) is 21.5 Å². The molecule has 0 aliphatic carbocycles. The largest absolute Gasteiger partial charge is 0.385 e. The first-order chi connectivity index (χ1) is 13.5. The molecule has 2 aromatic carbocycles. The summed E-state index contributed by atoms with van der Waals surface area (Å²) in [4.78, 5) is 26.6. The normalized spacial score (nSPS) is 14.0. The number of rotatable bonds is 7. The molecule has 1 heterocycles. The number of nitrogens with one attached hydrogen (secondary N) is 1. The maximum Gasteiger partial charge on any atom is 0.269 e. The molecule has 0 aromatic heterocycles. The fourth-order valence-electron chi connectivity index (χ4n) is 3.20. The van der Waals surface area contributed by atoms with Gasteiger partial charge in [0.2, 0.25) is 5.91 Å². The van der Waals surface area contributed by atoms with Crippen molar-refractivity contribution in [1.29, 1.82) is 0 Å². The standard InChI is InChI=1S/C20H23FN4O3/c21-16-3-7-18(8-4-16)23-12-14-24(15-13-23)20(26)2-1-11-22-17-5-9-19(10-6-17)25(27)28/h3-10,22H,1-2,11-15H2. The van der Waals surface area contributed by atoms with Crippen molar-refractivity contribution >= 4 is 23.0 Å². The van der Waals surface area contributed by atoms with Gasteiger partial charge >= 0.3 is 0 Å². The number of carbonyl (C=O) groups is 1. The maximum absolute atomic E-state index is 13.0. The Labute approximate surface area is 162 Å². The third-order valence-corrected chi connectivity index (χ3v) is 4.80. The van der Waals surface area contributed by atoms with Crippen molar-refractivity contribution < 1.29 is 14.1 Å². The molecule has 1 amide bonds. The summed E-state index contributed by atoms with van der Waals surface area (Å²) in [6.45, 7) is 3.41. The molecule has 1 saturated heterocycles. The molecule has 1 aliphatic rings. The van der Waals surface area contributed by atoms with E-state index in [1.807, 2.05) is 4.90 Å². The quantitative estimate of drug-likeness (QED) is 0.449. The number of hydrogen-bond acceptors (Lipinski definition) is 5.